The second-order valence-electron chi connectivity index (χ2n) is 6.16. The molecule has 1 aromatic heterocycles. The number of carbonyl (C=O) groups is 1. The Balaban J connectivity index is 1.81. The van der Waals surface area contributed by atoms with Crippen molar-refractivity contribution in [3.63, 3.8) is 0 Å². The summed E-state index contributed by atoms with van der Waals surface area (Å²) in [5, 5.41) is 4.93. The largest absolute Gasteiger partial charge is 0.419 e. The standard InChI is InChI=1S/C22H15FN2O3/c23-18-12-6-7-13-19(18)28-22(27)20-16-10-4-5-11-17(16)21(26)25(24-20)14-15-8-2-1-3-9-15/h1-13H,14H2. The Morgan fingerprint density at radius 3 is 2.29 bits per heavy atom. The van der Waals surface area contributed by atoms with Crippen LogP contribution in [0.25, 0.3) is 10.8 Å². The van der Waals surface area contributed by atoms with Gasteiger partial charge >= 0.3 is 5.97 Å². The van der Waals surface area contributed by atoms with Crippen LogP contribution in [0, 0.1) is 5.82 Å². The number of hydrogen-bond donors (Lipinski definition) is 0. The van der Waals surface area contributed by atoms with E-state index in [9.17, 15) is 14.0 Å². The van der Waals surface area contributed by atoms with E-state index in [2.05, 4.69) is 5.10 Å². The molecule has 4 rings (SSSR count). The van der Waals surface area contributed by atoms with Crippen molar-refractivity contribution in [3.05, 3.63) is 106 Å². The highest BCUT2D eigenvalue weighted by Gasteiger charge is 2.20. The van der Waals surface area contributed by atoms with Crippen molar-refractivity contribution < 1.29 is 13.9 Å². The van der Waals surface area contributed by atoms with Gasteiger partial charge in [-0.2, -0.15) is 5.10 Å². The molecule has 6 heteroatoms. The van der Waals surface area contributed by atoms with Crippen LogP contribution in [-0.4, -0.2) is 15.7 Å². The minimum atomic E-state index is -0.830. The maximum Gasteiger partial charge on any atom is 0.364 e. The maximum absolute atomic E-state index is 13.9. The zero-order valence-electron chi connectivity index (χ0n) is 14.7. The molecule has 0 fully saturated rings. The van der Waals surface area contributed by atoms with Gasteiger partial charge in [-0.3, -0.25) is 4.79 Å². The average Bonchev–Trinajstić information content (AvgIpc) is 2.72. The molecule has 0 spiro atoms. The molecule has 0 saturated carbocycles. The Morgan fingerprint density at radius 1 is 0.893 bits per heavy atom. The van der Waals surface area contributed by atoms with Crippen LogP contribution in [0.15, 0.2) is 83.7 Å². The summed E-state index contributed by atoms with van der Waals surface area (Å²) in [6.45, 7) is 0.199. The first-order valence-electron chi connectivity index (χ1n) is 8.64. The van der Waals surface area contributed by atoms with Crippen LogP contribution in [0.5, 0.6) is 5.75 Å². The number of aromatic nitrogens is 2. The molecule has 5 nitrogen and oxygen atoms in total. The molecule has 0 N–H and O–H groups in total. The molecule has 0 aliphatic heterocycles. The van der Waals surface area contributed by atoms with E-state index < -0.39 is 11.8 Å². The molecule has 28 heavy (non-hydrogen) atoms. The lowest BCUT2D eigenvalue weighted by atomic mass is 10.1. The van der Waals surface area contributed by atoms with E-state index in [1.54, 1.807) is 30.3 Å². The molecule has 0 aliphatic rings. The first kappa shape index (κ1) is 17.6. The number of halogens is 1. The molecule has 0 unspecified atom stereocenters. The van der Waals surface area contributed by atoms with Gasteiger partial charge < -0.3 is 4.74 Å². The van der Waals surface area contributed by atoms with Gasteiger partial charge in [0.25, 0.3) is 5.56 Å². The molecule has 0 radical (unpaired) electrons. The number of hydrogen-bond acceptors (Lipinski definition) is 4. The van der Waals surface area contributed by atoms with Gasteiger partial charge in [0.2, 0.25) is 0 Å². The lowest BCUT2D eigenvalue weighted by Crippen LogP contribution is -2.27. The fraction of sp³-hybridized carbons (Fsp3) is 0.0455. The summed E-state index contributed by atoms with van der Waals surface area (Å²) in [5.74, 6) is -1.68. The molecule has 0 aliphatic carbocycles. The minimum Gasteiger partial charge on any atom is -0.419 e. The van der Waals surface area contributed by atoms with Gasteiger partial charge in [0.15, 0.2) is 17.3 Å². The second-order valence-corrected chi connectivity index (χ2v) is 6.16. The van der Waals surface area contributed by atoms with Crippen molar-refractivity contribution in [1.29, 1.82) is 0 Å². The van der Waals surface area contributed by atoms with Crippen LogP contribution < -0.4 is 10.3 Å². The number of para-hydroxylation sites is 1. The van der Waals surface area contributed by atoms with Crippen molar-refractivity contribution in [3.8, 4) is 5.75 Å². The smallest absolute Gasteiger partial charge is 0.364 e. The topological polar surface area (TPSA) is 61.2 Å². The fourth-order valence-corrected chi connectivity index (χ4v) is 2.93. The lowest BCUT2D eigenvalue weighted by molar-refractivity contribution is 0.0721. The van der Waals surface area contributed by atoms with E-state index in [1.807, 2.05) is 30.3 Å². The van der Waals surface area contributed by atoms with Gasteiger partial charge in [-0.1, -0.05) is 60.7 Å². The third-order valence-corrected chi connectivity index (χ3v) is 4.28. The molecule has 0 atom stereocenters. The van der Waals surface area contributed by atoms with E-state index in [4.69, 9.17) is 4.74 Å². The van der Waals surface area contributed by atoms with Gasteiger partial charge in [-0.15, -0.1) is 0 Å². The number of fused-ring (bicyclic) bond motifs is 1. The van der Waals surface area contributed by atoms with Gasteiger partial charge in [0.05, 0.1) is 11.9 Å². The molecule has 4 aromatic rings. The van der Waals surface area contributed by atoms with Crippen LogP contribution in [0.3, 0.4) is 0 Å². The summed E-state index contributed by atoms with van der Waals surface area (Å²) in [4.78, 5) is 25.5. The number of ether oxygens (including phenoxy) is 1. The summed E-state index contributed by atoms with van der Waals surface area (Å²) < 4.78 is 20.3. The lowest BCUT2D eigenvalue weighted by Gasteiger charge is -2.11. The summed E-state index contributed by atoms with van der Waals surface area (Å²) in [7, 11) is 0. The number of nitrogens with zero attached hydrogens (tertiary/aromatic N) is 2. The predicted octanol–water partition coefficient (Wildman–Crippen LogP) is 3.80. The second kappa shape index (κ2) is 7.44. The van der Waals surface area contributed by atoms with Crippen molar-refractivity contribution >= 4 is 16.7 Å². The monoisotopic (exact) mass is 374 g/mol. The van der Waals surface area contributed by atoms with Crippen molar-refractivity contribution in [2.24, 2.45) is 0 Å². The molecule has 138 valence electrons. The van der Waals surface area contributed by atoms with Gasteiger partial charge in [0, 0.05) is 5.39 Å². The number of carbonyl (C=O) groups excluding carboxylic acids is 1. The third kappa shape index (κ3) is 3.40. The summed E-state index contributed by atoms with van der Waals surface area (Å²) in [6.07, 6.45) is 0. The quantitative estimate of drug-likeness (QED) is 0.403. The van der Waals surface area contributed by atoms with Crippen molar-refractivity contribution in [2.75, 3.05) is 0 Å². The van der Waals surface area contributed by atoms with Gasteiger partial charge in [-0.25, -0.2) is 13.9 Å². The maximum atomic E-state index is 13.9. The third-order valence-electron chi connectivity index (χ3n) is 4.28. The van der Waals surface area contributed by atoms with E-state index in [1.165, 1.54) is 22.9 Å². The molecular formula is C22H15FN2O3. The van der Waals surface area contributed by atoms with Crippen LogP contribution in [0.2, 0.25) is 0 Å². The molecule has 0 amide bonds. The van der Waals surface area contributed by atoms with Crippen LogP contribution in [0.4, 0.5) is 4.39 Å². The summed E-state index contributed by atoms with van der Waals surface area (Å²) >= 11 is 0. The normalized spacial score (nSPS) is 10.8. The fourth-order valence-electron chi connectivity index (χ4n) is 2.93. The first-order valence-corrected chi connectivity index (χ1v) is 8.64. The molecule has 0 saturated heterocycles. The highest BCUT2D eigenvalue weighted by atomic mass is 19.1. The van der Waals surface area contributed by atoms with Crippen LogP contribution >= 0.6 is 0 Å². The van der Waals surface area contributed by atoms with Gasteiger partial charge in [-0.05, 0) is 23.8 Å². The van der Waals surface area contributed by atoms with E-state index in [0.717, 1.165) is 5.56 Å². The summed E-state index contributed by atoms with van der Waals surface area (Å²) in [6, 6.07) is 21.6. The van der Waals surface area contributed by atoms with Crippen LogP contribution in [-0.2, 0) is 6.54 Å². The number of benzene rings is 3. The Kier molecular flexibility index (Phi) is 4.68. The predicted molar refractivity (Wildman–Crippen MR) is 103 cm³/mol. The molecule has 0 bridgehead atoms. The zero-order chi connectivity index (χ0) is 19.5. The first-order chi connectivity index (χ1) is 13.6. The Bertz CT molecular complexity index is 1220. The number of esters is 1. The van der Waals surface area contributed by atoms with Crippen molar-refractivity contribution in [1.82, 2.24) is 9.78 Å². The number of rotatable bonds is 4. The molecular weight excluding hydrogens is 359 g/mol. The summed E-state index contributed by atoms with van der Waals surface area (Å²) in [5.41, 5.74) is 0.497. The van der Waals surface area contributed by atoms with Gasteiger partial charge in [0.1, 0.15) is 0 Å². The van der Waals surface area contributed by atoms with E-state index in [0.29, 0.717) is 10.8 Å². The Labute approximate surface area is 159 Å². The minimum absolute atomic E-state index is 0.0469. The molecule has 3 aromatic carbocycles. The van der Waals surface area contributed by atoms with Crippen molar-refractivity contribution in [2.45, 2.75) is 6.54 Å². The van der Waals surface area contributed by atoms with E-state index in [-0.39, 0.29) is 23.5 Å². The molecule has 1 heterocycles. The highest BCUT2D eigenvalue weighted by Crippen LogP contribution is 2.19. The Hall–Kier alpha value is -3.80. The Morgan fingerprint density at radius 2 is 1.54 bits per heavy atom. The zero-order valence-corrected chi connectivity index (χ0v) is 14.7. The van der Waals surface area contributed by atoms with E-state index >= 15 is 0 Å². The van der Waals surface area contributed by atoms with Crippen LogP contribution in [0.1, 0.15) is 16.1 Å². The SMILES string of the molecule is O=C(Oc1ccccc1F)c1nn(Cc2ccccc2)c(=O)c2ccccc12. The highest BCUT2D eigenvalue weighted by molar-refractivity contribution is 6.02. The average molecular weight is 374 g/mol.